The molecule has 1 aliphatic rings. The Labute approximate surface area is 166 Å². The van der Waals surface area contributed by atoms with Crippen LogP contribution in [0.1, 0.15) is 19.3 Å². The second-order valence-electron chi connectivity index (χ2n) is 6.08. The van der Waals surface area contributed by atoms with Crippen LogP contribution in [0, 0.1) is 5.82 Å². The molecule has 1 saturated heterocycles. The predicted octanol–water partition coefficient (Wildman–Crippen LogP) is 4.20. The van der Waals surface area contributed by atoms with E-state index >= 15 is 0 Å². The fourth-order valence-corrected chi connectivity index (χ4v) is 4.29. The zero-order valence-electron chi connectivity index (χ0n) is 14.4. The highest BCUT2D eigenvalue weighted by atomic mass is 35.5. The van der Waals surface area contributed by atoms with Crippen LogP contribution in [0.3, 0.4) is 0 Å². The summed E-state index contributed by atoms with van der Waals surface area (Å²) in [4.78, 5) is 4.55. The highest BCUT2D eigenvalue weighted by Gasteiger charge is 2.13. The Bertz CT molecular complexity index is 680. The quantitative estimate of drug-likeness (QED) is 0.344. The molecule has 2 heterocycles. The van der Waals surface area contributed by atoms with Gasteiger partial charge in [0.25, 0.3) is 0 Å². The van der Waals surface area contributed by atoms with Crippen molar-refractivity contribution in [3.05, 3.63) is 34.5 Å². The van der Waals surface area contributed by atoms with Crippen molar-refractivity contribution in [1.82, 2.24) is 15.6 Å². The van der Waals surface area contributed by atoms with Crippen molar-refractivity contribution in [2.24, 2.45) is 0 Å². The first-order valence-electron chi connectivity index (χ1n) is 8.72. The second kappa shape index (κ2) is 10.3. The Balaban J connectivity index is 1.39. The van der Waals surface area contributed by atoms with Gasteiger partial charge in [0.15, 0.2) is 5.13 Å². The zero-order valence-corrected chi connectivity index (χ0v) is 16.7. The number of nitrogens with zero attached hydrogens (tertiary/aromatic N) is 1. The Hall–Kier alpha value is -1.06. The summed E-state index contributed by atoms with van der Waals surface area (Å²) in [6, 6.07) is 3.70. The molecule has 1 atom stereocenters. The van der Waals surface area contributed by atoms with Gasteiger partial charge in [0.2, 0.25) is 0 Å². The van der Waals surface area contributed by atoms with E-state index in [2.05, 4.69) is 25.7 Å². The summed E-state index contributed by atoms with van der Waals surface area (Å²) in [6.45, 7) is 3.95. The molecule has 1 fully saturated rings. The van der Waals surface area contributed by atoms with E-state index in [9.17, 15) is 4.39 Å². The van der Waals surface area contributed by atoms with Gasteiger partial charge in [-0.05, 0) is 56.4 Å². The fraction of sp³-hybridized carbons (Fsp3) is 0.471. The average Bonchev–Trinajstić information content (AvgIpc) is 3.33. The molecule has 5 nitrogen and oxygen atoms in total. The van der Waals surface area contributed by atoms with E-state index in [1.807, 2.05) is 5.38 Å². The lowest BCUT2D eigenvalue weighted by atomic mass is 10.2. The topological polar surface area (TPSA) is 61.0 Å². The van der Waals surface area contributed by atoms with E-state index in [0.717, 1.165) is 44.2 Å². The van der Waals surface area contributed by atoms with Crippen LogP contribution in [0.5, 0.6) is 0 Å². The number of halogens is 2. The SMILES string of the molecule is Fc1cc(NCCCCN[C@H]2CCNC2)c(Cl)cc1SNc1nccs1. The van der Waals surface area contributed by atoms with Gasteiger partial charge in [-0.15, -0.1) is 11.3 Å². The van der Waals surface area contributed by atoms with Gasteiger partial charge in [-0.25, -0.2) is 9.37 Å². The molecule has 1 aromatic heterocycles. The lowest BCUT2D eigenvalue weighted by molar-refractivity contribution is 0.530. The van der Waals surface area contributed by atoms with E-state index in [1.54, 1.807) is 12.3 Å². The highest BCUT2D eigenvalue weighted by molar-refractivity contribution is 8.00. The first kappa shape index (κ1) is 19.7. The smallest absolute Gasteiger partial charge is 0.192 e. The highest BCUT2D eigenvalue weighted by Crippen LogP contribution is 2.32. The molecule has 0 unspecified atom stereocenters. The fourth-order valence-electron chi connectivity index (χ4n) is 2.72. The van der Waals surface area contributed by atoms with Crippen molar-refractivity contribution in [2.75, 3.05) is 36.2 Å². The molecule has 0 aliphatic carbocycles. The summed E-state index contributed by atoms with van der Waals surface area (Å²) in [5.41, 5.74) is 0.635. The largest absolute Gasteiger partial charge is 0.384 e. The van der Waals surface area contributed by atoms with Crippen molar-refractivity contribution < 1.29 is 4.39 Å². The molecule has 0 saturated carbocycles. The third-order valence-corrected chi connectivity index (χ3v) is 6.07. The summed E-state index contributed by atoms with van der Waals surface area (Å²) in [5, 5.41) is 13.2. The van der Waals surface area contributed by atoms with Crippen LogP contribution >= 0.6 is 34.9 Å². The summed E-state index contributed by atoms with van der Waals surface area (Å²) >= 11 is 8.92. The minimum absolute atomic E-state index is 0.304. The van der Waals surface area contributed by atoms with Gasteiger partial charge >= 0.3 is 0 Å². The third kappa shape index (κ3) is 5.99. The summed E-state index contributed by atoms with van der Waals surface area (Å²) in [6.07, 6.45) is 4.99. The lowest BCUT2D eigenvalue weighted by Gasteiger charge is -2.13. The summed E-state index contributed by atoms with van der Waals surface area (Å²) in [7, 11) is 0. The van der Waals surface area contributed by atoms with Crippen LogP contribution in [0.15, 0.2) is 28.6 Å². The van der Waals surface area contributed by atoms with Crippen molar-refractivity contribution in [1.29, 1.82) is 0 Å². The molecular weight excluding hydrogens is 393 g/mol. The Morgan fingerprint density at radius 2 is 2.23 bits per heavy atom. The molecule has 1 aromatic carbocycles. The summed E-state index contributed by atoms with van der Waals surface area (Å²) in [5.74, 6) is -0.304. The van der Waals surface area contributed by atoms with Crippen molar-refractivity contribution in [3.8, 4) is 0 Å². The maximum absolute atomic E-state index is 14.3. The molecule has 0 spiro atoms. The van der Waals surface area contributed by atoms with Gasteiger partial charge in [-0.3, -0.25) is 0 Å². The van der Waals surface area contributed by atoms with E-state index in [4.69, 9.17) is 11.6 Å². The molecule has 0 amide bonds. The van der Waals surface area contributed by atoms with Gasteiger partial charge < -0.3 is 20.7 Å². The molecule has 3 rings (SSSR count). The van der Waals surface area contributed by atoms with Gasteiger partial charge in [-0.1, -0.05) is 11.6 Å². The number of hydrogen-bond donors (Lipinski definition) is 4. The number of unbranched alkanes of at least 4 members (excludes halogenated alkanes) is 1. The van der Waals surface area contributed by atoms with Crippen LogP contribution < -0.4 is 20.7 Å². The maximum Gasteiger partial charge on any atom is 0.192 e. The van der Waals surface area contributed by atoms with Crippen LogP contribution in [-0.2, 0) is 0 Å². The minimum atomic E-state index is -0.304. The standard InChI is InChI=1S/C17H23ClFN5S2/c18-13-9-16(26-24-17-23-7-8-25-17)14(19)10-15(13)22-5-2-1-4-21-12-3-6-20-11-12/h7-10,12,20-22H,1-6,11H2,(H,23,24)/t12-/m0/s1. The number of thiazole rings is 1. The summed E-state index contributed by atoms with van der Waals surface area (Å²) < 4.78 is 17.3. The van der Waals surface area contributed by atoms with Gasteiger partial charge in [-0.2, -0.15) is 0 Å². The number of hydrogen-bond acceptors (Lipinski definition) is 7. The molecule has 142 valence electrons. The van der Waals surface area contributed by atoms with E-state index in [0.29, 0.717) is 21.6 Å². The molecule has 1 aliphatic heterocycles. The van der Waals surface area contributed by atoms with E-state index < -0.39 is 0 Å². The Kier molecular flexibility index (Phi) is 7.82. The monoisotopic (exact) mass is 415 g/mol. The number of nitrogens with one attached hydrogen (secondary N) is 4. The molecule has 4 N–H and O–H groups in total. The van der Waals surface area contributed by atoms with Crippen LogP contribution in [-0.4, -0.2) is 37.2 Å². The molecule has 0 bridgehead atoms. The van der Waals surface area contributed by atoms with Crippen LogP contribution in [0.4, 0.5) is 15.2 Å². The Morgan fingerprint density at radius 1 is 1.35 bits per heavy atom. The third-order valence-electron chi connectivity index (χ3n) is 4.11. The molecule has 26 heavy (non-hydrogen) atoms. The lowest BCUT2D eigenvalue weighted by Crippen LogP contribution is -2.31. The first-order valence-corrected chi connectivity index (χ1v) is 10.8. The van der Waals surface area contributed by atoms with E-state index in [-0.39, 0.29) is 5.82 Å². The van der Waals surface area contributed by atoms with Gasteiger partial charge in [0, 0.05) is 30.7 Å². The molecular formula is C17H23ClFN5S2. The van der Waals surface area contributed by atoms with Crippen molar-refractivity contribution in [3.63, 3.8) is 0 Å². The van der Waals surface area contributed by atoms with Gasteiger partial charge in [0.1, 0.15) is 5.82 Å². The zero-order chi connectivity index (χ0) is 18.2. The number of benzene rings is 1. The van der Waals surface area contributed by atoms with Crippen LogP contribution in [0.25, 0.3) is 0 Å². The second-order valence-corrected chi connectivity index (χ2v) is 8.23. The maximum atomic E-state index is 14.3. The van der Waals surface area contributed by atoms with Crippen molar-refractivity contribution >= 4 is 45.7 Å². The number of rotatable bonds is 10. The van der Waals surface area contributed by atoms with Crippen LogP contribution in [0.2, 0.25) is 5.02 Å². The molecule has 9 heteroatoms. The molecule has 0 radical (unpaired) electrons. The molecule has 2 aromatic rings. The number of anilines is 2. The Morgan fingerprint density at radius 3 is 3.00 bits per heavy atom. The minimum Gasteiger partial charge on any atom is -0.384 e. The average molecular weight is 416 g/mol. The van der Waals surface area contributed by atoms with Crippen molar-refractivity contribution in [2.45, 2.75) is 30.2 Å². The van der Waals surface area contributed by atoms with E-state index in [1.165, 1.54) is 35.8 Å². The number of aromatic nitrogens is 1. The first-order chi connectivity index (χ1) is 12.7. The predicted molar refractivity (Wildman–Crippen MR) is 110 cm³/mol. The van der Waals surface area contributed by atoms with Gasteiger partial charge in [0.05, 0.1) is 15.6 Å². The normalized spacial score (nSPS) is 16.8.